The van der Waals surface area contributed by atoms with E-state index < -0.39 is 0 Å². The van der Waals surface area contributed by atoms with Gasteiger partial charge in [0.1, 0.15) is 6.29 Å². The van der Waals surface area contributed by atoms with Gasteiger partial charge >= 0.3 is 0 Å². The highest BCUT2D eigenvalue weighted by Crippen LogP contribution is 2.30. The second-order valence-electron chi connectivity index (χ2n) is 4.47. The Morgan fingerprint density at radius 3 is 2.31 bits per heavy atom. The number of aldehydes is 1. The number of hydrogen-bond acceptors (Lipinski definition) is 3. The Morgan fingerprint density at radius 1 is 1.19 bits per heavy atom. The molecule has 0 aromatic heterocycles. The van der Waals surface area contributed by atoms with Crippen molar-refractivity contribution in [3.05, 3.63) is 23.8 Å². The van der Waals surface area contributed by atoms with Gasteiger partial charge in [-0.1, -0.05) is 19.9 Å². The third-order valence-corrected chi connectivity index (χ3v) is 2.43. The summed E-state index contributed by atoms with van der Waals surface area (Å²) in [5, 5.41) is 0. The van der Waals surface area contributed by atoms with Gasteiger partial charge < -0.3 is 14.3 Å². The van der Waals surface area contributed by atoms with Gasteiger partial charge in [-0.25, -0.2) is 0 Å². The maximum atomic E-state index is 10.9. The summed E-state index contributed by atoms with van der Waals surface area (Å²) in [6, 6.07) is 5.71. The molecule has 3 heteroatoms. The molecule has 0 radical (unpaired) electrons. The Bertz CT molecular complexity index is 369. The molecule has 3 nitrogen and oxygen atoms in total. The van der Waals surface area contributed by atoms with E-state index in [0.29, 0.717) is 17.9 Å². The molecule has 0 unspecified atom stereocenters. The normalized spacial score (nSPS) is 11.0. The van der Waals surface area contributed by atoms with Crippen molar-refractivity contribution in [3.63, 3.8) is 0 Å². The zero-order valence-corrected chi connectivity index (χ0v) is 10.2. The van der Waals surface area contributed by atoms with Crippen molar-refractivity contribution in [1.29, 1.82) is 0 Å². The third kappa shape index (κ3) is 2.99. The summed E-state index contributed by atoms with van der Waals surface area (Å²) in [5.74, 6) is 1.40. The first-order valence-corrected chi connectivity index (χ1v) is 5.19. The van der Waals surface area contributed by atoms with Crippen LogP contribution >= 0.6 is 0 Å². The molecule has 0 amide bonds. The molecule has 0 aliphatic carbocycles. The van der Waals surface area contributed by atoms with Crippen molar-refractivity contribution in [3.8, 4) is 11.5 Å². The predicted octanol–water partition coefficient (Wildman–Crippen LogP) is 2.47. The molecule has 0 aliphatic rings. The van der Waals surface area contributed by atoms with Crippen molar-refractivity contribution >= 4 is 6.29 Å². The number of carbonyl (C=O) groups excluding carboxylic acids is 1. The summed E-state index contributed by atoms with van der Waals surface area (Å²) in [6.07, 6.45) is 1.67. The monoisotopic (exact) mass is 222 g/mol. The largest absolute Gasteiger partial charge is 0.493 e. The fraction of sp³-hybridized carbons (Fsp3) is 0.462. The van der Waals surface area contributed by atoms with Gasteiger partial charge in [0, 0.05) is 5.41 Å². The molecule has 0 saturated heterocycles. The van der Waals surface area contributed by atoms with Crippen LogP contribution in [0.2, 0.25) is 0 Å². The van der Waals surface area contributed by atoms with Gasteiger partial charge in [-0.05, 0) is 24.1 Å². The van der Waals surface area contributed by atoms with Crippen LogP contribution in [0.1, 0.15) is 19.4 Å². The first-order chi connectivity index (χ1) is 7.52. The second kappa shape index (κ2) is 5.01. The highest BCUT2D eigenvalue weighted by Gasteiger charge is 2.18. The van der Waals surface area contributed by atoms with Crippen LogP contribution in [0.5, 0.6) is 11.5 Å². The van der Waals surface area contributed by atoms with Gasteiger partial charge in [0.2, 0.25) is 0 Å². The highest BCUT2D eigenvalue weighted by molar-refractivity contribution is 5.59. The molecule has 16 heavy (non-hydrogen) atoms. The minimum absolute atomic E-state index is 0.348. The smallest absolute Gasteiger partial charge is 0.160 e. The van der Waals surface area contributed by atoms with Crippen LogP contribution in [-0.2, 0) is 11.2 Å². The van der Waals surface area contributed by atoms with Crippen molar-refractivity contribution < 1.29 is 14.3 Å². The van der Waals surface area contributed by atoms with Crippen LogP contribution in [0, 0.1) is 5.41 Å². The molecule has 0 spiro atoms. The van der Waals surface area contributed by atoms with E-state index in [1.165, 1.54) is 0 Å². The van der Waals surface area contributed by atoms with E-state index >= 15 is 0 Å². The number of hydrogen-bond donors (Lipinski definition) is 0. The summed E-state index contributed by atoms with van der Waals surface area (Å²) in [7, 11) is 3.21. The Hall–Kier alpha value is -1.51. The van der Waals surface area contributed by atoms with Gasteiger partial charge in [0.05, 0.1) is 14.2 Å². The lowest BCUT2D eigenvalue weighted by Crippen LogP contribution is -2.16. The Balaban J connectivity index is 2.95. The van der Waals surface area contributed by atoms with Crippen LogP contribution in [-0.4, -0.2) is 20.5 Å². The van der Waals surface area contributed by atoms with E-state index in [1.54, 1.807) is 14.2 Å². The van der Waals surface area contributed by atoms with E-state index in [-0.39, 0.29) is 5.41 Å². The molecule has 1 aromatic rings. The minimum Gasteiger partial charge on any atom is -0.493 e. The number of carbonyl (C=O) groups is 1. The van der Waals surface area contributed by atoms with Crippen molar-refractivity contribution in [1.82, 2.24) is 0 Å². The number of benzene rings is 1. The van der Waals surface area contributed by atoms with Crippen LogP contribution < -0.4 is 9.47 Å². The van der Waals surface area contributed by atoms with Gasteiger partial charge in [-0.3, -0.25) is 0 Å². The van der Waals surface area contributed by atoms with Gasteiger partial charge in [0.15, 0.2) is 11.5 Å². The van der Waals surface area contributed by atoms with E-state index in [0.717, 1.165) is 11.8 Å². The molecule has 0 aliphatic heterocycles. The minimum atomic E-state index is -0.348. The average Bonchev–Trinajstić information content (AvgIpc) is 2.28. The molecule has 0 heterocycles. The lowest BCUT2D eigenvalue weighted by molar-refractivity contribution is -0.114. The summed E-state index contributed by atoms with van der Waals surface area (Å²) in [5.41, 5.74) is 0.717. The van der Waals surface area contributed by atoms with Crippen molar-refractivity contribution in [2.45, 2.75) is 20.3 Å². The first kappa shape index (κ1) is 12.6. The van der Waals surface area contributed by atoms with Crippen molar-refractivity contribution in [2.24, 2.45) is 5.41 Å². The molecule has 1 rings (SSSR count). The summed E-state index contributed by atoms with van der Waals surface area (Å²) < 4.78 is 10.4. The highest BCUT2D eigenvalue weighted by atomic mass is 16.5. The Kier molecular flexibility index (Phi) is 3.93. The molecular formula is C13H18O3. The molecule has 0 saturated carbocycles. The molecule has 0 N–H and O–H groups in total. The van der Waals surface area contributed by atoms with E-state index in [2.05, 4.69) is 0 Å². The quantitative estimate of drug-likeness (QED) is 0.718. The SMILES string of the molecule is COc1ccc(CC(C)(C)C=O)cc1OC. The third-order valence-electron chi connectivity index (χ3n) is 2.43. The van der Waals surface area contributed by atoms with Gasteiger partial charge in [0.25, 0.3) is 0 Å². The fourth-order valence-corrected chi connectivity index (χ4v) is 1.56. The van der Waals surface area contributed by atoms with E-state index in [9.17, 15) is 4.79 Å². The maximum absolute atomic E-state index is 10.9. The average molecular weight is 222 g/mol. The first-order valence-electron chi connectivity index (χ1n) is 5.19. The van der Waals surface area contributed by atoms with E-state index in [1.807, 2.05) is 32.0 Å². The number of rotatable bonds is 5. The molecule has 0 atom stereocenters. The van der Waals surface area contributed by atoms with Crippen molar-refractivity contribution in [2.75, 3.05) is 14.2 Å². The molecular weight excluding hydrogens is 204 g/mol. The lowest BCUT2D eigenvalue weighted by atomic mass is 9.87. The lowest BCUT2D eigenvalue weighted by Gasteiger charge is -2.17. The van der Waals surface area contributed by atoms with E-state index in [4.69, 9.17) is 9.47 Å². The molecule has 88 valence electrons. The van der Waals surface area contributed by atoms with Crippen LogP contribution in [0.15, 0.2) is 18.2 Å². The number of ether oxygens (including phenoxy) is 2. The molecule has 0 fully saturated rings. The zero-order valence-electron chi connectivity index (χ0n) is 10.2. The van der Waals surface area contributed by atoms with Gasteiger partial charge in [-0.2, -0.15) is 0 Å². The number of methoxy groups -OCH3 is 2. The Morgan fingerprint density at radius 2 is 1.81 bits per heavy atom. The fourth-order valence-electron chi connectivity index (χ4n) is 1.56. The molecule has 0 bridgehead atoms. The van der Waals surface area contributed by atoms with Crippen LogP contribution in [0.25, 0.3) is 0 Å². The second-order valence-corrected chi connectivity index (χ2v) is 4.47. The zero-order chi connectivity index (χ0) is 12.2. The Labute approximate surface area is 96.4 Å². The predicted molar refractivity (Wildman–Crippen MR) is 63.1 cm³/mol. The van der Waals surface area contributed by atoms with Crippen LogP contribution in [0.3, 0.4) is 0 Å². The van der Waals surface area contributed by atoms with Gasteiger partial charge in [-0.15, -0.1) is 0 Å². The summed E-state index contributed by atoms with van der Waals surface area (Å²) in [4.78, 5) is 10.9. The summed E-state index contributed by atoms with van der Waals surface area (Å²) in [6.45, 7) is 3.83. The maximum Gasteiger partial charge on any atom is 0.160 e. The topological polar surface area (TPSA) is 35.5 Å². The summed E-state index contributed by atoms with van der Waals surface area (Å²) >= 11 is 0. The standard InChI is InChI=1S/C13H18O3/c1-13(2,9-14)8-10-5-6-11(15-3)12(7-10)16-4/h5-7,9H,8H2,1-4H3. The van der Waals surface area contributed by atoms with Crippen LogP contribution in [0.4, 0.5) is 0 Å². The molecule has 1 aromatic carbocycles.